The minimum Gasteiger partial charge on any atom is -0.460 e. The van der Waals surface area contributed by atoms with E-state index >= 15 is 0 Å². The van der Waals surface area contributed by atoms with Crippen molar-refractivity contribution in [3.05, 3.63) is 48.2 Å². The molecule has 0 aliphatic carbocycles. The van der Waals surface area contributed by atoms with Gasteiger partial charge in [0.05, 0.1) is 6.54 Å². The lowest BCUT2D eigenvalue weighted by Gasteiger charge is -2.42. The Morgan fingerprint density at radius 2 is 1.95 bits per heavy atom. The SMILES string of the molecule is CC1(C)CN(Cc2ccc(-c3ccccc3)o2)CCC1N. The summed E-state index contributed by atoms with van der Waals surface area (Å²) >= 11 is 0. The normalized spacial score (nSPS) is 22.3. The second-order valence-electron chi connectivity index (χ2n) is 6.73. The molecule has 21 heavy (non-hydrogen) atoms. The largest absolute Gasteiger partial charge is 0.460 e. The van der Waals surface area contributed by atoms with Gasteiger partial charge in [0.25, 0.3) is 0 Å². The molecule has 1 unspecified atom stereocenters. The highest BCUT2D eigenvalue weighted by molar-refractivity contribution is 5.57. The maximum atomic E-state index is 6.20. The Bertz CT molecular complexity index is 588. The summed E-state index contributed by atoms with van der Waals surface area (Å²) in [4.78, 5) is 2.44. The van der Waals surface area contributed by atoms with E-state index in [1.807, 2.05) is 18.2 Å². The maximum Gasteiger partial charge on any atom is 0.134 e. The van der Waals surface area contributed by atoms with Crippen LogP contribution in [-0.4, -0.2) is 24.0 Å². The highest BCUT2D eigenvalue weighted by Gasteiger charge is 2.33. The molecule has 2 heterocycles. The van der Waals surface area contributed by atoms with Crippen LogP contribution in [0.1, 0.15) is 26.0 Å². The predicted molar refractivity (Wildman–Crippen MR) is 85.8 cm³/mol. The molecule has 1 fully saturated rings. The van der Waals surface area contributed by atoms with E-state index in [1.54, 1.807) is 0 Å². The zero-order chi connectivity index (χ0) is 14.9. The van der Waals surface area contributed by atoms with Crippen LogP contribution < -0.4 is 5.73 Å². The number of furan rings is 1. The highest BCUT2D eigenvalue weighted by atomic mass is 16.3. The molecule has 112 valence electrons. The van der Waals surface area contributed by atoms with E-state index in [9.17, 15) is 0 Å². The third kappa shape index (κ3) is 3.20. The Morgan fingerprint density at radius 3 is 2.67 bits per heavy atom. The standard InChI is InChI=1S/C18H24N2O/c1-18(2)13-20(11-10-17(18)19)12-15-8-9-16(21-15)14-6-4-3-5-7-14/h3-9,17H,10-13,19H2,1-2H3. The molecule has 0 radical (unpaired) electrons. The third-order valence-corrected chi connectivity index (χ3v) is 4.49. The number of rotatable bonds is 3. The van der Waals surface area contributed by atoms with Crippen molar-refractivity contribution in [3.63, 3.8) is 0 Å². The van der Waals surface area contributed by atoms with Crippen LogP contribution in [0.15, 0.2) is 46.9 Å². The maximum absolute atomic E-state index is 6.20. The van der Waals surface area contributed by atoms with Gasteiger partial charge in [-0.15, -0.1) is 0 Å². The number of hydrogen-bond acceptors (Lipinski definition) is 3. The lowest BCUT2D eigenvalue weighted by molar-refractivity contribution is 0.0846. The van der Waals surface area contributed by atoms with Gasteiger partial charge < -0.3 is 10.2 Å². The fourth-order valence-corrected chi connectivity index (χ4v) is 3.06. The smallest absolute Gasteiger partial charge is 0.134 e. The quantitative estimate of drug-likeness (QED) is 0.938. The fourth-order valence-electron chi connectivity index (χ4n) is 3.06. The molecule has 0 spiro atoms. The average Bonchev–Trinajstić information content (AvgIpc) is 2.92. The van der Waals surface area contributed by atoms with Crippen molar-refractivity contribution in [1.82, 2.24) is 4.90 Å². The molecule has 3 nitrogen and oxygen atoms in total. The molecule has 2 aromatic rings. The van der Waals surface area contributed by atoms with E-state index in [0.29, 0.717) is 6.04 Å². The van der Waals surface area contributed by atoms with Crippen molar-refractivity contribution in [1.29, 1.82) is 0 Å². The molecule has 1 aromatic heterocycles. The van der Waals surface area contributed by atoms with Crippen LogP contribution in [0.25, 0.3) is 11.3 Å². The molecule has 1 saturated heterocycles. The van der Waals surface area contributed by atoms with Gasteiger partial charge in [0, 0.05) is 24.7 Å². The van der Waals surface area contributed by atoms with Gasteiger partial charge in [0.15, 0.2) is 0 Å². The van der Waals surface area contributed by atoms with Gasteiger partial charge >= 0.3 is 0 Å². The lowest BCUT2D eigenvalue weighted by Crippen LogP contribution is -2.51. The van der Waals surface area contributed by atoms with E-state index in [0.717, 1.165) is 43.1 Å². The number of nitrogens with two attached hydrogens (primary N) is 1. The molecule has 0 bridgehead atoms. The van der Waals surface area contributed by atoms with Gasteiger partial charge in [-0.25, -0.2) is 0 Å². The van der Waals surface area contributed by atoms with Crippen LogP contribution in [0, 0.1) is 5.41 Å². The van der Waals surface area contributed by atoms with Crippen LogP contribution >= 0.6 is 0 Å². The molecule has 0 amide bonds. The highest BCUT2D eigenvalue weighted by Crippen LogP contribution is 2.29. The summed E-state index contributed by atoms with van der Waals surface area (Å²) in [5, 5.41) is 0. The topological polar surface area (TPSA) is 42.4 Å². The Balaban J connectivity index is 1.68. The summed E-state index contributed by atoms with van der Waals surface area (Å²) in [5.41, 5.74) is 7.50. The van der Waals surface area contributed by atoms with E-state index in [-0.39, 0.29) is 5.41 Å². The minimum atomic E-state index is 0.174. The Hall–Kier alpha value is -1.58. The molecular formula is C18H24N2O. The first-order valence-corrected chi connectivity index (χ1v) is 7.67. The Labute approximate surface area is 126 Å². The van der Waals surface area contributed by atoms with Gasteiger partial charge in [-0.3, -0.25) is 4.90 Å². The number of hydrogen-bond donors (Lipinski definition) is 1. The van der Waals surface area contributed by atoms with E-state index < -0.39 is 0 Å². The molecule has 3 heteroatoms. The molecule has 2 N–H and O–H groups in total. The number of piperidine rings is 1. The summed E-state index contributed by atoms with van der Waals surface area (Å²) in [6, 6.07) is 14.7. The fraction of sp³-hybridized carbons (Fsp3) is 0.444. The van der Waals surface area contributed by atoms with E-state index in [1.165, 1.54) is 0 Å². The summed E-state index contributed by atoms with van der Waals surface area (Å²) in [6.45, 7) is 7.44. The average molecular weight is 284 g/mol. The van der Waals surface area contributed by atoms with E-state index in [4.69, 9.17) is 10.2 Å². The summed E-state index contributed by atoms with van der Waals surface area (Å²) in [6.07, 6.45) is 1.05. The molecule has 1 aliphatic heterocycles. The van der Waals surface area contributed by atoms with Gasteiger partial charge in [0.2, 0.25) is 0 Å². The van der Waals surface area contributed by atoms with Gasteiger partial charge in [0.1, 0.15) is 11.5 Å². The number of benzene rings is 1. The molecule has 1 aromatic carbocycles. The molecule has 1 atom stereocenters. The van der Waals surface area contributed by atoms with Crippen LogP contribution in [0.4, 0.5) is 0 Å². The first-order chi connectivity index (χ1) is 10.0. The lowest BCUT2D eigenvalue weighted by atomic mass is 9.80. The zero-order valence-electron chi connectivity index (χ0n) is 12.9. The van der Waals surface area contributed by atoms with Crippen molar-refractivity contribution < 1.29 is 4.42 Å². The van der Waals surface area contributed by atoms with Crippen molar-refractivity contribution in [2.75, 3.05) is 13.1 Å². The van der Waals surface area contributed by atoms with Gasteiger partial charge in [-0.2, -0.15) is 0 Å². The number of likely N-dealkylation sites (tertiary alicyclic amines) is 1. The predicted octanol–water partition coefficient (Wildman–Crippen LogP) is 3.51. The minimum absolute atomic E-state index is 0.174. The Morgan fingerprint density at radius 1 is 1.19 bits per heavy atom. The van der Waals surface area contributed by atoms with E-state index in [2.05, 4.69) is 43.0 Å². The second-order valence-corrected chi connectivity index (χ2v) is 6.73. The van der Waals surface area contributed by atoms with Crippen LogP contribution in [-0.2, 0) is 6.54 Å². The molecule has 1 aliphatic rings. The van der Waals surface area contributed by atoms with Crippen LogP contribution in [0.5, 0.6) is 0 Å². The first-order valence-electron chi connectivity index (χ1n) is 7.67. The third-order valence-electron chi connectivity index (χ3n) is 4.49. The van der Waals surface area contributed by atoms with Gasteiger partial charge in [-0.1, -0.05) is 44.2 Å². The zero-order valence-corrected chi connectivity index (χ0v) is 12.9. The van der Waals surface area contributed by atoms with Crippen molar-refractivity contribution in [3.8, 4) is 11.3 Å². The van der Waals surface area contributed by atoms with Gasteiger partial charge in [-0.05, 0) is 24.0 Å². The first kappa shape index (κ1) is 14.4. The van der Waals surface area contributed by atoms with Crippen molar-refractivity contribution in [2.45, 2.75) is 32.9 Å². The summed E-state index contributed by atoms with van der Waals surface area (Å²) in [5.74, 6) is 1.97. The molecule has 0 saturated carbocycles. The molecule has 3 rings (SSSR count). The monoisotopic (exact) mass is 284 g/mol. The van der Waals surface area contributed by atoms with Crippen LogP contribution in [0.2, 0.25) is 0 Å². The number of nitrogens with zero attached hydrogens (tertiary/aromatic N) is 1. The molecular weight excluding hydrogens is 260 g/mol. The van der Waals surface area contributed by atoms with Crippen molar-refractivity contribution in [2.24, 2.45) is 11.1 Å². The summed E-state index contributed by atoms with van der Waals surface area (Å²) < 4.78 is 5.99. The Kier molecular flexibility index (Phi) is 3.87. The van der Waals surface area contributed by atoms with Crippen LogP contribution in [0.3, 0.4) is 0 Å². The second kappa shape index (κ2) is 5.66. The van der Waals surface area contributed by atoms with Crippen molar-refractivity contribution >= 4 is 0 Å². The summed E-state index contributed by atoms with van der Waals surface area (Å²) in [7, 11) is 0.